The van der Waals surface area contributed by atoms with Gasteiger partial charge in [0.1, 0.15) is 11.5 Å². The number of methoxy groups -OCH3 is 2. The van der Waals surface area contributed by atoms with Gasteiger partial charge in [-0.25, -0.2) is 5.01 Å². The number of likely N-dealkylation sites (tertiary alicyclic amines) is 1. The van der Waals surface area contributed by atoms with Crippen LogP contribution in [0.4, 0.5) is 0 Å². The largest absolute Gasteiger partial charge is 0.497 e. The molecule has 32 heavy (non-hydrogen) atoms. The summed E-state index contributed by atoms with van der Waals surface area (Å²) in [6, 6.07) is 13.1. The van der Waals surface area contributed by atoms with Crippen molar-refractivity contribution in [1.82, 2.24) is 9.91 Å². The molecule has 0 aliphatic carbocycles. The maximum Gasteiger partial charge on any atom is 0.257 e. The lowest BCUT2D eigenvalue weighted by atomic mass is 9.97. The number of hydrazone groups is 1. The van der Waals surface area contributed by atoms with Gasteiger partial charge in [-0.1, -0.05) is 36.7 Å². The van der Waals surface area contributed by atoms with Gasteiger partial charge in [-0.15, -0.1) is 0 Å². The summed E-state index contributed by atoms with van der Waals surface area (Å²) >= 11 is 6.53. The van der Waals surface area contributed by atoms with Crippen molar-refractivity contribution in [1.29, 1.82) is 0 Å². The first-order chi connectivity index (χ1) is 15.5. The SMILES string of the molecule is COc1ccc(C2=NN(C(=O)CN3CCC(C)CC3)[C@H](c3ccccc3Cl)C2)c(OC)c1. The molecule has 2 aromatic rings. The van der Waals surface area contributed by atoms with Gasteiger partial charge in [-0.05, 0) is 55.6 Å². The van der Waals surface area contributed by atoms with Crippen LogP contribution in [-0.4, -0.2) is 55.4 Å². The Morgan fingerprint density at radius 1 is 1.12 bits per heavy atom. The number of nitrogens with zero attached hydrogens (tertiary/aromatic N) is 3. The van der Waals surface area contributed by atoms with Crippen LogP contribution in [0.1, 0.15) is 43.4 Å². The Morgan fingerprint density at radius 2 is 1.88 bits per heavy atom. The molecule has 1 amide bonds. The molecular weight excluding hydrogens is 426 g/mol. The van der Waals surface area contributed by atoms with E-state index in [-0.39, 0.29) is 11.9 Å². The van der Waals surface area contributed by atoms with Crippen LogP contribution in [0.5, 0.6) is 11.5 Å². The number of rotatable bonds is 6. The first-order valence-corrected chi connectivity index (χ1v) is 11.5. The highest BCUT2D eigenvalue weighted by Gasteiger charge is 2.36. The van der Waals surface area contributed by atoms with Gasteiger partial charge in [0.2, 0.25) is 0 Å². The van der Waals surface area contributed by atoms with Gasteiger partial charge in [0.05, 0.1) is 32.5 Å². The van der Waals surface area contributed by atoms with Gasteiger partial charge < -0.3 is 9.47 Å². The van der Waals surface area contributed by atoms with Crippen LogP contribution < -0.4 is 9.47 Å². The molecule has 0 unspecified atom stereocenters. The summed E-state index contributed by atoms with van der Waals surface area (Å²) in [5.74, 6) is 2.09. The Morgan fingerprint density at radius 3 is 2.56 bits per heavy atom. The van der Waals surface area contributed by atoms with Crippen LogP contribution in [0.15, 0.2) is 47.6 Å². The second kappa shape index (κ2) is 9.92. The normalized spacial score (nSPS) is 19.7. The Hall–Kier alpha value is -2.57. The zero-order chi connectivity index (χ0) is 22.7. The molecule has 4 rings (SSSR count). The molecule has 2 heterocycles. The predicted octanol–water partition coefficient (Wildman–Crippen LogP) is 4.77. The molecule has 0 N–H and O–H groups in total. The Balaban J connectivity index is 1.64. The Bertz CT molecular complexity index is 1000. The maximum absolute atomic E-state index is 13.4. The second-order valence-corrected chi connectivity index (χ2v) is 8.96. The molecule has 0 spiro atoms. The van der Waals surface area contributed by atoms with Crippen LogP contribution in [0, 0.1) is 5.92 Å². The number of hydrogen-bond acceptors (Lipinski definition) is 5. The number of hydrogen-bond donors (Lipinski definition) is 0. The van der Waals surface area contributed by atoms with Gasteiger partial charge in [-0.3, -0.25) is 9.69 Å². The van der Waals surface area contributed by atoms with E-state index in [1.807, 2.05) is 42.5 Å². The first-order valence-electron chi connectivity index (χ1n) is 11.1. The van der Waals surface area contributed by atoms with Crippen molar-refractivity contribution < 1.29 is 14.3 Å². The number of piperidine rings is 1. The molecule has 1 fully saturated rings. The molecule has 0 radical (unpaired) electrons. The summed E-state index contributed by atoms with van der Waals surface area (Å²) in [4.78, 5) is 15.6. The lowest BCUT2D eigenvalue weighted by Crippen LogP contribution is -2.41. The molecule has 2 aliphatic heterocycles. The third-order valence-electron chi connectivity index (χ3n) is 6.38. The number of ether oxygens (including phenoxy) is 2. The van der Waals surface area contributed by atoms with Gasteiger partial charge in [0.15, 0.2) is 0 Å². The predicted molar refractivity (Wildman–Crippen MR) is 127 cm³/mol. The first kappa shape index (κ1) is 22.6. The highest BCUT2D eigenvalue weighted by molar-refractivity contribution is 6.31. The van der Waals surface area contributed by atoms with E-state index in [1.165, 1.54) is 0 Å². The lowest BCUT2D eigenvalue weighted by Gasteiger charge is -2.31. The van der Waals surface area contributed by atoms with Crippen LogP contribution >= 0.6 is 11.6 Å². The summed E-state index contributed by atoms with van der Waals surface area (Å²) in [5.41, 5.74) is 2.56. The summed E-state index contributed by atoms with van der Waals surface area (Å²) in [6.45, 7) is 4.52. The summed E-state index contributed by atoms with van der Waals surface area (Å²) < 4.78 is 10.9. The molecule has 7 heteroatoms. The minimum atomic E-state index is -0.248. The van der Waals surface area contributed by atoms with Crippen LogP contribution in [0.2, 0.25) is 5.02 Å². The highest BCUT2D eigenvalue weighted by Crippen LogP contribution is 2.38. The van der Waals surface area contributed by atoms with Crippen LogP contribution in [0.25, 0.3) is 0 Å². The molecule has 0 saturated carbocycles. The number of carbonyl (C=O) groups is 1. The summed E-state index contributed by atoms with van der Waals surface area (Å²) in [7, 11) is 3.25. The minimum absolute atomic E-state index is 0.00745. The third-order valence-corrected chi connectivity index (χ3v) is 6.73. The average Bonchev–Trinajstić information content (AvgIpc) is 3.25. The van der Waals surface area contributed by atoms with Crippen molar-refractivity contribution in [3.8, 4) is 11.5 Å². The highest BCUT2D eigenvalue weighted by atomic mass is 35.5. The maximum atomic E-state index is 13.4. The molecule has 6 nitrogen and oxygen atoms in total. The van der Waals surface area contributed by atoms with Crippen molar-refractivity contribution in [3.05, 3.63) is 58.6 Å². The fourth-order valence-electron chi connectivity index (χ4n) is 4.41. The van der Waals surface area contributed by atoms with Gasteiger partial charge in [0.25, 0.3) is 5.91 Å². The van der Waals surface area contributed by atoms with E-state index in [0.717, 1.165) is 48.7 Å². The van der Waals surface area contributed by atoms with Crippen LogP contribution in [-0.2, 0) is 4.79 Å². The molecule has 0 aromatic heterocycles. The quantitative estimate of drug-likeness (QED) is 0.629. The summed E-state index contributed by atoms with van der Waals surface area (Å²) in [5, 5.41) is 7.06. The molecular formula is C25H30ClN3O3. The zero-order valence-corrected chi connectivity index (χ0v) is 19.6. The Kier molecular flexibility index (Phi) is 7.01. The van der Waals surface area contributed by atoms with Gasteiger partial charge >= 0.3 is 0 Å². The molecule has 170 valence electrons. The standard InChI is InChI=1S/C25H30ClN3O3/c1-17-10-12-28(13-11-17)16-25(30)29-23(19-6-4-5-7-21(19)26)15-22(27-29)20-9-8-18(31-2)14-24(20)32-3/h4-9,14,17,23H,10-13,15-16H2,1-3H3/t23-/m0/s1. The van der Waals surface area contributed by atoms with Gasteiger partial charge in [0, 0.05) is 23.1 Å². The molecule has 2 aliphatic rings. The summed E-state index contributed by atoms with van der Waals surface area (Å²) in [6.07, 6.45) is 2.81. The zero-order valence-electron chi connectivity index (χ0n) is 18.9. The Labute approximate surface area is 194 Å². The van der Waals surface area contributed by atoms with E-state index < -0.39 is 0 Å². The van der Waals surface area contributed by atoms with Crippen molar-refractivity contribution >= 4 is 23.2 Å². The molecule has 2 aromatic carbocycles. The van der Waals surface area contributed by atoms with Crippen LogP contribution in [0.3, 0.4) is 0 Å². The van der Waals surface area contributed by atoms with E-state index in [4.69, 9.17) is 26.2 Å². The fraction of sp³-hybridized carbons (Fsp3) is 0.440. The van der Waals surface area contributed by atoms with E-state index >= 15 is 0 Å². The number of halogens is 1. The number of amides is 1. The van der Waals surface area contributed by atoms with E-state index in [0.29, 0.717) is 29.5 Å². The average molecular weight is 456 g/mol. The molecule has 1 atom stereocenters. The van der Waals surface area contributed by atoms with Gasteiger partial charge in [-0.2, -0.15) is 5.10 Å². The van der Waals surface area contributed by atoms with E-state index in [1.54, 1.807) is 19.2 Å². The number of carbonyl (C=O) groups excluding carboxylic acids is 1. The molecule has 1 saturated heterocycles. The monoisotopic (exact) mass is 455 g/mol. The van der Waals surface area contributed by atoms with Crippen molar-refractivity contribution in [2.75, 3.05) is 33.9 Å². The number of benzene rings is 2. The van der Waals surface area contributed by atoms with Crippen molar-refractivity contribution in [2.45, 2.75) is 32.2 Å². The minimum Gasteiger partial charge on any atom is -0.497 e. The third kappa shape index (κ3) is 4.76. The lowest BCUT2D eigenvalue weighted by molar-refractivity contribution is -0.134. The van der Waals surface area contributed by atoms with Crippen molar-refractivity contribution in [3.63, 3.8) is 0 Å². The second-order valence-electron chi connectivity index (χ2n) is 8.55. The van der Waals surface area contributed by atoms with E-state index in [2.05, 4.69) is 11.8 Å². The fourth-order valence-corrected chi connectivity index (χ4v) is 4.67. The van der Waals surface area contributed by atoms with E-state index in [9.17, 15) is 4.79 Å². The topological polar surface area (TPSA) is 54.4 Å². The van der Waals surface area contributed by atoms with Crippen molar-refractivity contribution in [2.24, 2.45) is 11.0 Å². The smallest absolute Gasteiger partial charge is 0.257 e. The molecule has 0 bridgehead atoms.